The number of nitrogens with zero attached hydrogens (tertiary/aromatic N) is 5. The summed E-state index contributed by atoms with van der Waals surface area (Å²) in [7, 11) is 4.05. The van der Waals surface area contributed by atoms with Gasteiger partial charge in [-0.2, -0.15) is 13.2 Å². The Kier molecular flexibility index (Phi) is 9.45. The quantitative estimate of drug-likeness (QED) is 0.262. The van der Waals surface area contributed by atoms with Crippen LogP contribution in [0.4, 0.5) is 23.2 Å². The van der Waals surface area contributed by atoms with Crippen LogP contribution in [0.1, 0.15) is 18.9 Å². The molecule has 0 fully saturated rings. The molecule has 12 heteroatoms. The minimum Gasteiger partial charge on any atom is -0.459 e. The molecule has 0 atom stereocenters. The lowest BCUT2D eigenvalue weighted by Gasteiger charge is -2.26. The van der Waals surface area contributed by atoms with Gasteiger partial charge in [0.15, 0.2) is 31.4 Å². The molecule has 38 heavy (non-hydrogen) atoms. The maximum atomic E-state index is 13.0. The van der Waals surface area contributed by atoms with Crippen LogP contribution in [0.3, 0.4) is 0 Å². The van der Waals surface area contributed by atoms with E-state index >= 15 is 0 Å². The SMILES string of the molecule is CC(C)N(C(=O)COc1nnc(C(F)(F)F)s1)c1ccc(F)cc1.C[n+]1ccc(-c2cc[n+](C)cc2)cc1. The summed E-state index contributed by atoms with van der Waals surface area (Å²) in [5.74, 6) is -0.944. The first kappa shape index (κ1) is 28.6. The van der Waals surface area contributed by atoms with Gasteiger partial charge in [0.25, 0.3) is 11.1 Å². The zero-order valence-electron chi connectivity index (χ0n) is 21.2. The van der Waals surface area contributed by atoms with Gasteiger partial charge in [-0.1, -0.05) is 16.4 Å². The maximum absolute atomic E-state index is 13.0. The van der Waals surface area contributed by atoms with Crippen molar-refractivity contribution in [2.24, 2.45) is 14.1 Å². The van der Waals surface area contributed by atoms with Gasteiger partial charge in [-0.3, -0.25) is 4.79 Å². The van der Waals surface area contributed by atoms with Gasteiger partial charge in [-0.25, -0.2) is 13.5 Å². The van der Waals surface area contributed by atoms with Crippen molar-refractivity contribution in [3.05, 3.63) is 84.1 Å². The first-order chi connectivity index (χ1) is 17.9. The van der Waals surface area contributed by atoms with E-state index < -0.39 is 29.5 Å². The number of anilines is 1. The number of carbonyl (C=O) groups excluding carboxylic acids is 1. The molecule has 3 aromatic heterocycles. The smallest absolute Gasteiger partial charge is 0.445 e. The number of ether oxygens (including phenoxy) is 1. The molecule has 7 nitrogen and oxygen atoms in total. The Bertz CT molecular complexity index is 1280. The van der Waals surface area contributed by atoms with Crippen LogP contribution >= 0.6 is 11.3 Å². The first-order valence-electron chi connectivity index (χ1n) is 11.5. The number of halogens is 4. The lowest BCUT2D eigenvalue weighted by Crippen LogP contribution is -2.40. The molecular weight excluding hydrogens is 522 g/mol. The van der Waals surface area contributed by atoms with Crippen LogP contribution in [0, 0.1) is 5.82 Å². The molecule has 0 saturated heterocycles. The van der Waals surface area contributed by atoms with E-state index in [1.54, 1.807) is 13.8 Å². The van der Waals surface area contributed by atoms with Gasteiger partial charge in [0.1, 0.15) is 19.9 Å². The third-order valence-electron chi connectivity index (χ3n) is 5.15. The summed E-state index contributed by atoms with van der Waals surface area (Å²) < 4.78 is 59.4. The number of pyridine rings is 2. The molecule has 0 radical (unpaired) electrons. The molecule has 4 aromatic rings. The summed E-state index contributed by atoms with van der Waals surface area (Å²) in [6.07, 6.45) is 3.62. The second-order valence-corrected chi connectivity index (χ2v) is 9.44. The number of hydrogen-bond donors (Lipinski definition) is 0. The van der Waals surface area contributed by atoms with E-state index in [0.29, 0.717) is 5.69 Å². The van der Waals surface area contributed by atoms with Gasteiger partial charge in [0.05, 0.1) is 0 Å². The number of hydrogen-bond acceptors (Lipinski definition) is 5. The van der Waals surface area contributed by atoms with Gasteiger partial charge in [-0.05, 0) is 49.2 Å². The van der Waals surface area contributed by atoms with Crippen LogP contribution in [-0.2, 0) is 25.1 Å². The number of benzene rings is 1. The molecule has 0 saturated carbocycles. The van der Waals surface area contributed by atoms with E-state index in [4.69, 9.17) is 4.74 Å². The van der Waals surface area contributed by atoms with Gasteiger partial charge >= 0.3 is 6.18 Å². The molecular formula is C26H27F4N5O2S+2. The Morgan fingerprint density at radius 1 is 0.921 bits per heavy atom. The monoisotopic (exact) mass is 549 g/mol. The second-order valence-electron chi connectivity index (χ2n) is 8.50. The summed E-state index contributed by atoms with van der Waals surface area (Å²) >= 11 is 0.210. The minimum absolute atomic E-state index is 0.210. The van der Waals surface area contributed by atoms with Gasteiger partial charge in [0.2, 0.25) is 5.01 Å². The third kappa shape index (κ3) is 8.04. The van der Waals surface area contributed by atoms with Gasteiger partial charge in [-0.15, -0.1) is 5.10 Å². The number of aromatic nitrogens is 4. The maximum Gasteiger partial charge on any atom is 0.445 e. The average molecular weight is 550 g/mol. The highest BCUT2D eigenvalue weighted by Gasteiger charge is 2.36. The van der Waals surface area contributed by atoms with Crippen molar-refractivity contribution in [1.29, 1.82) is 0 Å². The Morgan fingerprint density at radius 3 is 1.84 bits per heavy atom. The van der Waals surface area contributed by atoms with Crippen molar-refractivity contribution < 1.29 is 36.2 Å². The molecule has 0 bridgehead atoms. The molecule has 200 valence electrons. The molecule has 1 aromatic carbocycles. The highest BCUT2D eigenvalue weighted by Crippen LogP contribution is 2.33. The highest BCUT2D eigenvalue weighted by molar-refractivity contribution is 7.13. The van der Waals surface area contributed by atoms with E-state index in [2.05, 4.69) is 59.3 Å². The highest BCUT2D eigenvalue weighted by atomic mass is 32.1. The largest absolute Gasteiger partial charge is 0.459 e. The van der Waals surface area contributed by atoms with E-state index in [1.165, 1.54) is 40.3 Å². The van der Waals surface area contributed by atoms with Gasteiger partial charge in [0, 0.05) is 36.0 Å². The van der Waals surface area contributed by atoms with E-state index in [0.717, 1.165) is 0 Å². The number of amides is 1. The van der Waals surface area contributed by atoms with Crippen LogP contribution in [-0.4, -0.2) is 28.8 Å². The van der Waals surface area contributed by atoms with Crippen LogP contribution in [0.15, 0.2) is 73.3 Å². The van der Waals surface area contributed by atoms with Crippen LogP contribution in [0.2, 0.25) is 0 Å². The summed E-state index contributed by atoms with van der Waals surface area (Å²) in [6.45, 7) is 2.98. The molecule has 0 unspecified atom stereocenters. The summed E-state index contributed by atoms with van der Waals surface area (Å²) in [5.41, 5.74) is 2.96. The molecule has 4 rings (SSSR count). The first-order valence-corrected chi connectivity index (χ1v) is 12.3. The average Bonchev–Trinajstić information content (AvgIpc) is 3.35. The van der Waals surface area contributed by atoms with Crippen LogP contribution < -0.4 is 18.8 Å². The van der Waals surface area contributed by atoms with Crippen molar-refractivity contribution in [3.63, 3.8) is 0 Å². The van der Waals surface area contributed by atoms with E-state index in [-0.39, 0.29) is 22.6 Å². The third-order valence-corrected chi connectivity index (χ3v) is 6.03. The molecule has 3 heterocycles. The molecule has 0 aliphatic rings. The number of alkyl halides is 3. The Morgan fingerprint density at radius 2 is 1.42 bits per heavy atom. The second kappa shape index (κ2) is 12.5. The number of carbonyl (C=O) groups is 1. The summed E-state index contributed by atoms with van der Waals surface area (Å²) in [4.78, 5) is 13.6. The number of rotatable bonds is 6. The standard InChI is InChI=1S/C14H13F4N3O2S.C12H14N2/c1-8(2)21(10-5-3-9(15)4-6-10)11(22)7-23-13-20-19-12(24-13)14(16,17)18;1-13-7-3-11(4-8-13)12-5-9-14(2)10-6-12/h3-6,8H,7H2,1-2H3;3-10H,1-2H3/q;+2. The predicted octanol–water partition coefficient (Wildman–Crippen LogP) is 4.52. The van der Waals surface area contributed by atoms with Crippen molar-refractivity contribution in [2.75, 3.05) is 11.5 Å². The Hall–Kier alpha value is -3.93. The normalized spacial score (nSPS) is 11.1. The predicted molar refractivity (Wildman–Crippen MR) is 134 cm³/mol. The zero-order valence-corrected chi connectivity index (χ0v) is 22.0. The molecule has 0 N–H and O–H groups in total. The van der Waals surface area contributed by atoms with Crippen LogP contribution in [0.5, 0.6) is 5.19 Å². The lowest BCUT2D eigenvalue weighted by atomic mass is 10.1. The van der Waals surface area contributed by atoms with Crippen molar-refractivity contribution >= 4 is 22.9 Å². The van der Waals surface area contributed by atoms with Gasteiger partial charge < -0.3 is 9.64 Å². The minimum atomic E-state index is -4.61. The molecule has 0 spiro atoms. The molecule has 0 aliphatic carbocycles. The fraction of sp³-hybridized carbons (Fsp3) is 0.269. The Labute approximate surface area is 221 Å². The van der Waals surface area contributed by atoms with E-state index in [9.17, 15) is 22.4 Å². The van der Waals surface area contributed by atoms with E-state index in [1.807, 2.05) is 23.2 Å². The molecule has 1 amide bonds. The van der Waals surface area contributed by atoms with Crippen molar-refractivity contribution in [2.45, 2.75) is 26.1 Å². The zero-order chi connectivity index (χ0) is 27.9. The Balaban J connectivity index is 0.000000241. The summed E-state index contributed by atoms with van der Waals surface area (Å²) in [5, 5.41) is 4.72. The molecule has 0 aliphatic heterocycles. The summed E-state index contributed by atoms with van der Waals surface area (Å²) in [6, 6.07) is 13.5. The lowest BCUT2D eigenvalue weighted by molar-refractivity contribution is -0.671. The number of aryl methyl sites for hydroxylation is 2. The van der Waals surface area contributed by atoms with Crippen molar-refractivity contribution in [3.8, 4) is 16.3 Å². The topological polar surface area (TPSA) is 63.1 Å². The van der Waals surface area contributed by atoms with Crippen LogP contribution in [0.25, 0.3) is 11.1 Å². The fourth-order valence-electron chi connectivity index (χ4n) is 3.29. The van der Waals surface area contributed by atoms with Crippen molar-refractivity contribution in [1.82, 2.24) is 10.2 Å². The fourth-order valence-corrected chi connectivity index (χ4v) is 3.86.